The van der Waals surface area contributed by atoms with Crippen molar-refractivity contribution >= 4 is 16.8 Å². The molecule has 0 aliphatic carbocycles. The maximum absolute atomic E-state index is 13.6. The van der Waals surface area contributed by atoms with Crippen molar-refractivity contribution in [2.45, 2.75) is 6.04 Å². The molecule has 1 atom stereocenters. The lowest BCUT2D eigenvalue weighted by Gasteiger charge is -2.16. The second-order valence-corrected chi connectivity index (χ2v) is 6.46. The molecule has 0 aliphatic heterocycles. The molecule has 0 bridgehead atoms. The van der Waals surface area contributed by atoms with Crippen LogP contribution in [0.5, 0.6) is 0 Å². The van der Waals surface area contributed by atoms with Crippen LogP contribution in [0.3, 0.4) is 0 Å². The number of nitrogens with zero attached hydrogens (tertiary/aromatic N) is 1. The van der Waals surface area contributed by atoms with Crippen LogP contribution in [0, 0.1) is 5.82 Å². The van der Waals surface area contributed by atoms with Crippen LogP contribution in [0.4, 0.5) is 4.39 Å². The molecule has 0 unspecified atom stereocenters. The molecule has 3 aromatic carbocycles. The summed E-state index contributed by atoms with van der Waals surface area (Å²) in [5, 5.41) is 20.4. The largest absolute Gasteiger partial charge is 0.394 e. The maximum atomic E-state index is 13.6. The van der Waals surface area contributed by atoms with E-state index in [4.69, 9.17) is 0 Å². The van der Waals surface area contributed by atoms with E-state index in [0.29, 0.717) is 16.8 Å². The molecule has 0 saturated heterocycles. The van der Waals surface area contributed by atoms with Gasteiger partial charge in [-0.25, -0.2) is 4.39 Å². The van der Waals surface area contributed by atoms with Crippen molar-refractivity contribution in [2.75, 3.05) is 6.61 Å². The van der Waals surface area contributed by atoms with Gasteiger partial charge in [-0.3, -0.25) is 9.89 Å². The maximum Gasteiger partial charge on any atom is 0.251 e. The van der Waals surface area contributed by atoms with Gasteiger partial charge < -0.3 is 10.4 Å². The number of amides is 1. The Labute approximate surface area is 160 Å². The van der Waals surface area contributed by atoms with Crippen LogP contribution in [0.1, 0.15) is 22.0 Å². The van der Waals surface area contributed by atoms with Crippen molar-refractivity contribution < 1.29 is 14.3 Å². The number of aromatic amines is 1. The third-order valence-corrected chi connectivity index (χ3v) is 4.61. The van der Waals surface area contributed by atoms with E-state index in [1.165, 1.54) is 12.1 Å². The van der Waals surface area contributed by atoms with Crippen LogP contribution in [0.2, 0.25) is 0 Å². The molecule has 0 spiro atoms. The lowest BCUT2D eigenvalue weighted by atomic mass is 10.0. The molecule has 1 aromatic heterocycles. The van der Waals surface area contributed by atoms with E-state index in [-0.39, 0.29) is 18.3 Å². The summed E-state index contributed by atoms with van der Waals surface area (Å²) < 4.78 is 13.6. The van der Waals surface area contributed by atoms with Crippen molar-refractivity contribution in [1.82, 2.24) is 15.5 Å². The van der Waals surface area contributed by atoms with Crippen molar-refractivity contribution in [3.63, 3.8) is 0 Å². The number of halogens is 1. The van der Waals surface area contributed by atoms with Gasteiger partial charge in [0.05, 0.1) is 18.2 Å². The highest BCUT2D eigenvalue weighted by molar-refractivity contribution is 6.01. The van der Waals surface area contributed by atoms with E-state index in [1.807, 2.05) is 30.3 Å². The molecular weight excluding hydrogens is 357 g/mol. The van der Waals surface area contributed by atoms with Gasteiger partial charge in [-0.15, -0.1) is 0 Å². The number of carbonyl (C=O) groups is 1. The first-order valence-electron chi connectivity index (χ1n) is 8.86. The third-order valence-electron chi connectivity index (χ3n) is 4.61. The summed E-state index contributed by atoms with van der Waals surface area (Å²) in [4.78, 5) is 12.7. The van der Waals surface area contributed by atoms with E-state index in [1.54, 1.807) is 30.3 Å². The summed E-state index contributed by atoms with van der Waals surface area (Å²) in [5.74, 6) is -0.660. The molecular formula is C22H18FN3O2. The van der Waals surface area contributed by atoms with Crippen LogP contribution in [0.15, 0.2) is 72.8 Å². The molecule has 28 heavy (non-hydrogen) atoms. The number of carbonyl (C=O) groups excluding carboxylic acids is 1. The first-order chi connectivity index (χ1) is 13.7. The first-order valence-corrected chi connectivity index (χ1v) is 8.86. The molecule has 4 rings (SSSR count). The summed E-state index contributed by atoms with van der Waals surface area (Å²) in [6.07, 6.45) is 0. The number of aliphatic hydroxyl groups is 1. The van der Waals surface area contributed by atoms with Crippen LogP contribution in [-0.4, -0.2) is 27.8 Å². The summed E-state index contributed by atoms with van der Waals surface area (Å²) in [7, 11) is 0. The molecule has 5 nitrogen and oxygen atoms in total. The number of rotatable bonds is 5. The summed E-state index contributed by atoms with van der Waals surface area (Å²) in [6.45, 7) is -0.210. The van der Waals surface area contributed by atoms with Crippen molar-refractivity contribution in [3.8, 4) is 11.3 Å². The van der Waals surface area contributed by atoms with Crippen molar-refractivity contribution in [1.29, 1.82) is 0 Å². The fourth-order valence-electron chi connectivity index (χ4n) is 3.17. The zero-order chi connectivity index (χ0) is 19.5. The van der Waals surface area contributed by atoms with E-state index in [2.05, 4.69) is 15.5 Å². The van der Waals surface area contributed by atoms with Crippen LogP contribution in [-0.2, 0) is 0 Å². The van der Waals surface area contributed by atoms with Crippen LogP contribution >= 0.6 is 0 Å². The number of aromatic nitrogens is 2. The lowest BCUT2D eigenvalue weighted by Crippen LogP contribution is -2.30. The normalized spacial score (nSPS) is 12.1. The lowest BCUT2D eigenvalue weighted by molar-refractivity contribution is 0.0916. The number of benzene rings is 3. The second kappa shape index (κ2) is 7.62. The zero-order valence-electron chi connectivity index (χ0n) is 14.9. The van der Waals surface area contributed by atoms with Crippen molar-refractivity contribution in [3.05, 3.63) is 89.7 Å². The minimum Gasteiger partial charge on any atom is -0.394 e. The van der Waals surface area contributed by atoms with E-state index >= 15 is 0 Å². The Morgan fingerprint density at radius 1 is 1.07 bits per heavy atom. The van der Waals surface area contributed by atoms with Crippen LogP contribution in [0.25, 0.3) is 22.2 Å². The SMILES string of the molecule is O=C(N[C@@H](CO)c1ccccc1)c1ccc2[nH]nc(-c3cccc(F)c3)c2c1. The quantitative estimate of drug-likeness (QED) is 0.496. The molecule has 1 heterocycles. The summed E-state index contributed by atoms with van der Waals surface area (Å²) >= 11 is 0. The van der Waals surface area contributed by atoms with Gasteiger partial charge in [-0.1, -0.05) is 42.5 Å². The topological polar surface area (TPSA) is 78.0 Å². The number of fused-ring (bicyclic) bond motifs is 1. The average Bonchev–Trinajstić information content (AvgIpc) is 3.15. The minimum absolute atomic E-state index is 0.210. The number of H-pyrrole nitrogens is 1. The van der Waals surface area contributed by atoms with Gasteiger partial charge in [0.15, 0.2) is 0 Å². The Kier molecular flexibility index (Phi) is 4.87. The number of nitrogens with one attached hydrogen (secondary N) is 2. The van der Waals surface area contributed by atoms with Crippen LogP contribution < -0.4 is 5.32 Å². The first kappa shape index (κ1) is 17.9. The molecule has 0 saturated carbocycles. The Bertz CT molecular complexity index is 1130. The molecule has 3 N–H and O–H groups in total. The van der Waals surface area contributed by atoms with Gasteiger partial charge in [0, 0.05) is 16.5 Å². The highest BCUT2D eigenvalue weighted by atomic mass is 19.1. The van der Waals surface area contributed by atoms with E-state index in [0.717, 1.165) is 16.5 Å². The molecule has 0 fully saturated rings. The number of hydrogen-bond donors (Lipinski definition) is 3. The van der Waals surface area contributed by atoms with Gasteiger partial charge in [-0.2, -0.15) is 5.10 Å². The fraction of sp³-hybridized carbons (Fsp3) is 0.0909. The molecule has 140 valence electrons. The molecule has 0 radical (unpaired) electrons. The molecule has 4 aromatic rings. The van der Waals surface area contributed by atoms with E-state index in [9.17, 15) is 14.3 Å². The highest BCUT2D eigenvalue weighted by Crippen LogP contribution is 2.27. The molecule has 0 aliphatic rings. The predicted octanol–water partition coefficient (Wildman–Crippen LogP) is 3.83. The number of hydrogen-bond acceptors (Lipinski definition) is 3. The van der Waals surface area contributed by atoms with E-state index < -0.39 is 6.04 Å². The predicted molar refractivity (Wildman–Crippen MR) is 105 cm³/mol. The average molecular weight is 375 g/mol. The Morgan fingerprint density at radius 3 is 2.64 bits per heavy atom. The Hall–Kier alpha value is -3.51. The zero-order valence-corrected chi connectivity index (χ0v) is 14.9. The minimum atomic E-state index is -0.503. The van der Waals surface area contributed by atoms with Gasteiger partial charge in [0.2, 0.25) is 0 Å². The van der Waals surface area contributed by atoms with Gasteiger partial charge in [-0.05, 0) is 35.9 Å². The monoisotopic (exact) mass is 375 g/mol. The second-order valence-electron chi connectivity index (χ2n) is 6.46. The van der Waals surface area contributed by atoms with Gasteiger partial charge in [0.25, 0.3) is 5.91 Å². The molecule has 1 amide bonds. The third kappa shape index (κ3) is 3.50. The van der Waals surface area contributed by atoms with Gasteiger partial charge in [0.1, 0.15) is 11.5 Å². The standard InChI is InChI=1S/C22H18FN3O2/c23-17-8-4-7-15(11-17)21-18-12-16(9-10-19(18)25-26-21)22(28)24-20(13-27)14-5-2-1-3-6-14/h1-12,20,27H,13H2,(H,24,28)(H,25,26)/t20-/m0/s1. The van der Waals surface area contributed by atoms with Crippen molar-refractivity contribution in [2.24, 2.45) is 0 Å². The molecule has 6 heteroatoms. The smallest absolute Gasteiger partial charge is 0.251 e. The fourth-order valence-corrected chi connectivity index (χ4v) is 3.17. The van der Waals surface area contributed by atoms with Gasteiger partial charge >= 0.3 is 0 Å². The summed E-state index contributed by atoms with van der Waals surface area (Å²) in [5.41, 5.74) is 3.20. The Balaban J connectivity index is 1.65. The Morgan fingerprint density at radius 2 is 1.89 bits per heavy atom. The number of aliphatic hydroxyl groups excluding tert-OH is 1. The summed E-state index contributed by atoms with van der Waals surface area (Å²) in [6, 6.07) is 20.1. The highest BCUT2D eigenvalue weighted by Gasteiger charge is 2.17.